The maximum atomic E-state index is 12.5. The molecule has 0 aliphatic carbocycles. The molecule has 2 rings (SSSR count). The van der Waals surface area contributed by atoms with Gasteiger partial charge in [-0.25, -0.2) is 4.79 Å². The first-order valence-electron chi connectivity index (χ1n) is 8.18. The lowest BCUT2D eigenvalue weighted by atomic mass is 9.93. The summed E-state index contributed by atoms with van der Waals surface area (Å²) in [4.78, 5) is 23.2. The van der Waals surface area contributed by atoms with Crippen molar-refractivity contribution in [1.82, 2.24) is 0 Å². The lowest BCUT2D eigenvalue weighted by Gasteiger charge is -2.37. The van der Waals surface area contributed by atoms with Crippen molar-refractivity contribution < 1.29 is 24.2 Å². The molecule has 0 aromatic heterocycles. The van der Waals surface area contributed by atoms with Gasteiger partial charge in [0, 0.05) is 6.08 Å². The molecular weight excluding hydrogens is 310 g/mol. The minimum atomic E-state index is -1.04. The number of hydrogen-bond acceptors (Lipinski definition) is 4. The lowest BCUT2D eigenvalue weighted by Crippen LogP contribution is -2.50. The average Bonchev–Trinajstić information content (AvgIpc) is 2.57. The van der Waals surface area contributed by atoms with Crippen molar-refractivity contribution in [2.75, 3.05) is 11.9 Å². The highest BCUT2D eigenvalue weighted by molar-refractivity contribution is 6.01. The second kappa shape index (κ2) is 7.38. The Balaban J connectivity index is 2.49. The van der Waals surface area contributed by atoms with E-state index in [9.17, 15) is 9.59 Å². The molecule has 2 N–H and O–H groups in total. The van der Waals surface area contributed by atoms with Gasteiger partial charge in [0.25, 0.3) is 5.91 Å². The summed E-state index contributed by atoms with van der Waals surface area (Å²) in [5.41, 5.74) is 0.207. The van der Waals surface area contributed by atoms with Crippen LogP contribution in [0.5, 0.6) is 11.5 Å². The molecule has 130 valence electrons. The predicted molar refractivity (Wildman–Crippen MR) is 91.5 cm³/mol. The van der Waals surface area contributed by atoms with Crippen LogP contribution in [0.25, 0.3) is 6.08 Å². The Morgan fingerprint density at radius 2 is 2.04 bits per heavy atom. The van der Waals surface area contributed by atoms with E-state index in [1.54, 1.807) is 12.1 Å². The number of carboxylic acid groups (broad SMARTS) is 1. The van der Waals surface area contributed by atoms with Gasteiger partial charge in [-0.3, -0.25) is 4.79 Å². The Morgan fingerprint density at radius 1 is 1.33 bits per heavy atom. The molecule has 6 nitrogen and oxygen atoms in total. The molecule has 1 aliphatic rings. The molecule has 1 aromatic carbocycles. The number of nitrogens with one attached hydrogen (secondary N) is 1. The van der Waals surface area contributed by atoms with E-state index in [-0.39, 0.29) is 5.91 Å². The van der Waals surface area contributed by atoms with E-state index in [1.807, 2.05) is 20.8 Å². The summed E-state index contributed by atoms with van der Waals surface area (Å²) >= 11 is 0. The molecule has 6 heteroatoms. The number of aliphatic carboxylic acids is 1. The van der Waals surface area contributed by atoms with Crippen LogP contribution < -0.4 is 14.8 Å². The molecule has 0 bridgehead atoms. The highest BCUT2D eigenvalue weighted by atomic mass is 16.5. The molecule has 1 aromatic rings. The third kappa shape index (κ3) is 3.53. The Kier molecular flexibility index (Phi) is 5.49. The van der Waals surface area contributed by atoms with Gasteiger partial charge in [-0.15, -0.1) is 0 Å². The fourth-order valence-corrected chi connectivity index (χ4v) is 2.60. The Labute approximate surface area is 141 Å². The zero-order chi connectivity index (χ0) is 17.7. The third-order valence-electron chi connectivity index (χ3n) is 4.06. The second-order valence-corrected chi connectivity index (χ2v) is 5.67. The van der Waals surface area contributed by atoms with Gasteiger partial charge in [0.15, 0.2) is 17.1 Å². The van der Waals surface area contributed by atoms with Gasteiger partial charge in [-0.05, 0) is 43.0 Å². The number of hydrogen-bond donors (Lipinski definition) is 2. The number of anilines is 1. The number of rotatable bonds is 7. The zero-order valence-electron chi connectivity index (χ0n) is 14.2. The van der Waals surface area contributed by atoms with E-state index in [0.29, 0.717) is 42.2 Å². The SMILES string of the molecule is CCCOc1cc(/C=C/C(=O)O)cc2c1OC(CC)(CC)C(=O)N2. The third-order valence-corrected chi connectivity index (χ3v) is 4.06. The molecule has 0 radical (unpaired) electrons. The van der Waals surface area contributed by atoms with Crippen LogP contribution in [0.4, 0.5) is 5.69 Å². The first-order chi connectivity index (χ1) is 11.5. The van der Waals surface area contributed by atoms with Crippen LogP contribution in [0.15, 0.2) is 18.2 Å². The molecule has 0 saturated heterocycles. The molecule has 1 aliphatic heterocycles. The van der Waals surface area contributed by atoms with Crippen LogP contribution in [-0.4, -0.2) is 29.2 Å². The van der Waals surface area contributed by atoms with E-state index >= 15 is 0 Å². The quantitative estimate of drug-likeness (QED) is 0.746. The summed E-state index contributed by atoms with van der Waals surface area (Å²) in [5.74, 6) is -0.231. The Bertz CT molecular complexity index is 662. The summed E-state index contributed by atoms with van der Waals surface area (Å²) in [5, 5.41) is 11.7. The summed E-state index contributed by atoms with van der Waals surface area (Å²) in [6, 6.07) is 3.40. The maximum absolute atomic E-state index is 12.5. The van der Waals surface area contributed by atoms with Gasteiger partial charge >= 0.3 is 5.97 Å². The molecule has 0 fully saturated rings. The predicted octanol–water partition coefficient (Wildman–Crippen LogP) is 3.46. The number of carbonyl (C=O) groups excluding carboxylic acids is 1. The smallest absolute Gasteiger partial charge is 0.328 e. The summed E-state index contributed by atoms with van der Waals surface area (Å²) < 4.78 is 11.8. The monoisotopic (exact) mass is 333 g/mol. The number of carbonyl (C=O) groups is 2. The molecule has 0 saturated carbocycles. The van der Waals surface area contributed by atoms with Gasteiger partial charge in [0.05, 0.1) is 12.3 Å². The molecular formula is C18H23NO5. The van der Waals surface area contributed by atoms with Gasteiger partial charge in [0.1, 0.15) is 0 Å². The van der Waals surface area contributed by atoms with Crippen LogP contribution in [0, 0.1) is 0 Å². The number of carboxylic acids is 1. The molecule has 1 heterocycles. The highest BCUT2D eigenvalue weighted by Crippen LogP contribution is 2.44. The number of amides is 1. The maximum Gasteiger partial charge on any atom is 0.328 e. The summed E-state index contributed by atoms with van der Waals surface area (Å²) in [6.45, 7) is 6.31. The first kappa shape index (κ1) is 17.8. The first-order valence-corrected chi connectivity index (χ1v) is 8.18. The zero-order valence-corrected chi connectivity index (χ0v) is 14.2. The van der Waals surface area contributed by atoms with Crippen LogP contribution in [0.3, 0.4) is 0 Å². The fourth-order valence-electron chi connectivity index (χ4n) is 2.60. The normalized spacial score (nSPS) is 15.5. The fraction of sp³-hybridized carbons (Fsp3) is 0.444. The van der Waals surface area contributed by atoms with E-state index in [0.717, 1.165) is 12.5 Å². The number of fused-ring (bicyclic) bond motifs is 1. The lowest BCUT2D eigenvalue weighted by molar-refractivity contribution is -0.133. The van der Waals surface area contributed by atoms with Crippen molar-refractivity contribution in [2.45, 2.75) is 45.6 Å². The standard InChI is InChI=1S/C18H23NO5/c1-4-9-23-14-11-12(7-8-15(20)21)10-13-16(14)24-18(5-2,6-3)17(22)19-13/h7-8,10-11H,4-6,9H2,1-3H3,(H,19,22)(H,20,21)/b8-7+. The Hall–Kier alpha value is -2.50. The largest absolute Gasteiger partial charge is 0.490 e. The minimum absolute atomic E-state index is 0.194. The van der Waals surface area contributed by atoms with Crippen molar-refractivity contribution in [3.63, 3.8) is 0 Å². The summed E-state index contributed by atoms with van der Waals surface area (Å²) in [7, 11) is 0. The van der Waals surface area contributed by atoms with Crippen molar-refractivity contribution in [2.24, 2.45) is 0 Å². The second-order valence-electron chi connectivity index (χ2n) is 5.67. The van der Waals surface area contributed by atoms with Gasteiger partial charge in [-0.1, -0.05) is 20.8 Å². The van der Waals surface area contributed by atoms with E-state index in [2.05, 4.69) is 5.32 Å². The molecule has 0 atom stereocenters. The number of benzene rings is 1. The topological polar surface area (TPSA) is 84.9 Å². The minimum Gasteiger partial charge on any atom is -0.490 e. The average molecular weight is 333 g/mol. The van der Waals surface area contributed by atoms with Crippen molar-refractivity contribution in [3.05, 3.63) is 23.8 Å². The molecule has 24 heavy (non-hydrogen) atoms. The molecule has 1 amide bonds. The summed E-state index contributed by atoms with van der Waals surface area (Å²) in [6.07, 6.45) is 4.41. The van der Waals surface area contributed by atoms with Gasteiger partial charge < -0.3 is 19.9 Å². The van der Waals surface area contributed by atoms with Gasteiger partial charge in [0.2, 0.25) is 0 Å². The van der Waals surface area contributed by atoms with E-state index < -0.39 is 11.6 Å². The van der Waals surface area contributed by atoms with Crippen molar-refractivity contribution in [1.29, 1.82) is 0 Å². The molecule has 0 spiro atoms. The van der Waals surface area contributed by atoms with Crippen molar-refractivity contribution in [3.8, 4) is 11.5 Å². The number of ether oxygens (including phenoxy) is 2. The Morgan fingerprint density at radius 3 is 2.62 bits per heavy atom. The van der Waals surface area contributed by atoms with Gasteiger partial charge in [-0.2, -0.15) is 0 Å². The van der Waals surface area contributed by atoms with Crippen LogP contribution in [0.1, 0.15) is 45.6 Å². The van der Waals surface area contributed by atoms with E-state index in [4.69, 9.17) is 14.6 Å². The highest BCUT2D eigenvalue weighted by Gasteiger charge is 2.42. The van der Waals surface area contributed by atoms with Crippen molar-refractivity contribution >= 4 is 23.6 Å². The van der Waals surface area contributed by atoms with Crippen LogP contribution in [-0.2, 0) is 9.59 Å². The van der Waals surface area contributed by atoms with Crippen LogP contribution >= 0.6 is 0 Å². The van der Waals surface area contributed by atoms with Crippen LogP contribution in [0.2, 0.25) is 0 Å². The molecule has 0 unspecified atom stereocenters. The van der Waals surface area contributed by atoms with E-state index in [1.165, 1.54) is 6.08 Å².